The van der Waals surface area contributed by atoms with E-state index in [9.17, 15) is 0 Å². The van der Waals surface area contributed by atoms with Crippen molar-refractivity contribution in [2.75, 3.05) is 19.6 Å². The second kappa shape index (κ2) is 21.5. The summed E-state index contributed by atoms with van der Waals surface area (Å²) in [7, 11) is 0. The molecule has 0 aromatic carbocycles. The summed E-state index contributed by atoms with van der Waals surface area (Å²) in [6, 6.07) is 0. The number of piperidine rings is 1. The third-order valence-electron chi connectivity index (χ3n) is 8.31. The van der Waals surface area contributed by atoms with Crippen LogP contribution >= 0.6 is 0 Å². The molecule has 0 aliphatic carbocycles. The molecule has 0 spiro atoms. The van der Waals surface area contributed by atoms with Gasteiger partial charge in [-0.15, -0.1) is 0 Å². The molecule has 0 aromatic rings. The minimum Gasteiger partial charge on any atom is -0.303 e. The smallest absolute Gasteiger partial charge is 0.000966 e. The van der Waals surface area contributed by atoms with E-state index in [1.807, 2.05) is 0 Å². The summed E-state index contributed by atoms with van der Waals surface area (Å²) < 4.78 is 0. The van der Waals surface area contributed by atoms with Crippen LogP contribution in [0.1, 0.15) is 163 Å². The van der Waals surface area contributed by atoms with Gasteiger partial charge in [0.1, 0.15) is 0 Å². The lowest BCUT2D eigenvalue weighted by atomic mass is 9.86. The summed E-state index contributed by atoms with van der Waals surface area (Å²) in [6.45, 7) is 13.5. The molecule has 1 fully saturated rings. The van der Waals surface area contributed by atoms with Gasteiger partial charge in [-0.05, 0) is 56.5 Å². The highest BCUT2D eigenvalue weighted by Gasteiger charge is 2.21. The van der Waals surface area contributed by atoms with E-state index in [1.54, 1.807) is 0 Å². The third-order valence-corrected chi connectivity index (χ3v) is 8.31. The Morgan fingerprint density at radius 2 is 1.00 bits per heavy atom. The minimum atomic E-state index is 0.965. The molecule has 0 aromatic heterocycles. The van der Waals surface area contributed by atoms with Gasteiger partial charge in [-0.2, -0.15) is 0 Å². The van der Waals surface area contributed by atoms with Gasteiger partial charge in [-0.1, -0.05) is 137 Å². The van der Waals surface area contributed by atoms with Crippen LogP contribution in [0.5, 0.6) is 0 Å². The summed E-state index contributed by atoms with van der Waals surface area (Å²) in [4.78, 5) is 2.83. The van der Waals surface area contributed by atoms with Crippen molar-refractivity contribution in [1.29, 1.82) is 0 Å². The molecular weight excluding hydrogens is 386 g/mol. The Kier molecular flexibility index (Phi) is 20.1. The fourth-order valence-corrected chi connectivity index (χ4v) is 5.98. The Morgan fingerprint density at radius 3 is 1.50 bits per heavy atom. The molecule has 1 nitrogen and oxygen atoms in total. The molecule has 0 bridgehead atoms. The van der Waals surface area contributed by atoms with Gasteiger partial charge >= 0.3 is 0 Å². The van der Waals surface area contributed by atoms with E-state index in [2.05, 4.69) is 32.6 Å². The van der Waals surface area contributed by atoms with Gasteiger partial charge in [-0.3, -0.25) is 0 Å². The molecule has 192 valence electrons. The molecule has 0 N–H and O–H groups in total. The topological polar surface area (TPSA) is 3.24 Å². The zero-order valence-corrected chi connectivity index (χ0v) is 23.1. The Balaban J connectivity index is 2.26. The molecule has 1 heteroatoms. The van der Waals surface area contributed by atoms with E-state index in [-0.39, 0.29) is 0 Å². The molecular formula is C31H63N. The van der Waals surface area contributed by atoms with E-state index in [0.29, 0.717) is 0 Å². The molecule has 0 atom stereocenters. The number of hydrogen-bond donors (Lipinski definition) is 0. The van der Waals surface area contributed by atoms with Crippen LogP contribution in [0, 0.1) is 17.8 Å². The standard InChI is InChI=1S/C31H63N/c1-5-9-13-15-20-29(21-16-14-10-6-2)22-17-23-30-24-26-32(27-25-30)28-31(18-11-7-3)19-12-8-4/h29-31H,5-28H2,1-4H3. The van der Waals surface area contributed by atoms with Crippen molar-refractivity contribution in [3.05, 3.63) is 0 Å². The summed E-state index contributed by atoms with van der Waals surface area (Å²) in [5, 5.41) is 0. The van der Waals surface area contributed by atoms with Crippen LogP contribution in [-0.4, -0.2) is 24.5 Å². The van der Waals surface area contributed by atoms with E-state index in [4.69, 9.17) is 0 Å². The van der Waals surface area contributed by atoms with E-state index in [1.165, 1.54) is 154 Å². The van der Waals surface area contributed by atoms with E-state index < -0.39 is 0 Å². The number of likely N-dealkylation sites (tertiary alicyclic amines) is 1. The predicted molar refractivity (Wildman–Crippen MR) is 147 cm³/mol. The molecule has 1 aliphatic rings. The summed E-state index contributed by atoms with van der Waals surface area (Å²) in [5.41, 5.74) is 0. The Morgan fingerprint density at radius 1 is 0.531 bits per heavy atom. The Hall–Kier alpha value is -0.0400. The van der Waals surface area contributed by atoms with Crippen LogP contribution in [-0.2, 0) is 0 Å². The Labute approximate surface area is 204 Å². The van der Waals surface area contributed by atoms with Crippen LogP contribution in [0.15, 0.2) is 0 Å². The summed E-state index contributed by atoms with van der Waals surface area (Å²) in [6.07, 6.45) is 30.6. The molecule has 1 saturated heterocycles. The molecule has 0 amide bonds. The van der Waals surface area contributed by atoms with Gasteiger partial charge in [0, 0.05) is 6.54 Å². The first-order valence-corrected chi connectivity index (χ1v) is 15.5. The second-order valence-electron chi connectivity index (χ2n) is 11.4. The van der Waals surface area contributed by atoms with Crippen LogP contribution in [0.2, 0.25) is 0 Å². The highest BCUT2D eigenvalue weighted by atomic mass is 15.1. The first kappa shape index (κ1) is 30.0. The van der Waals surface area contributed by atoms with Crippen molar-refractivity contribution in [2.24, 2.45) is 17.8 Å². The van der Waals surface area contributed by atoms with Gasteiger partial charge in [0.05, 0.1) is 0 Å². The second-order valence-corrected chi connectivity index (χ2v) is 11.4. The van der Waals surface area contributed by atoms with Gasteiger partial charge < -0.3 is 4.90 Å². The number of unbranched alkanes of at least 4 members (excludes halogenated alkanes) is 8. The number of hydrogen-bond acceptors (Lipinski definition) is 1. The van der Waals surface area contributed by atoms with Crippen molar-refractivity contribution in [2.45, 2.75) is 163 Å². The SMILES string of the molecule is CCCCCCC(CCCCCC)CCCC1CCN(CC(CCCC)CCCC)CC1. The quantitative estimate of drug-likeness (QED) is 0.148. The first-order chi connectivity index (χ1) is 15.7. The largest absolute Gasteiger partial charge is 0.303 e. The Bertz CT molecular complexity index is 351. The third kappa shape index (κ3) is 15.7. The molecule has 0 unspecified atom stereocenters. The molecule has 0 radical (unpaired) electrons. The van der Waals surface area contributed by atoms with Crippen LogP contribution in [0.25, 0.3) is 0 Å². The maximum atomic E-state index is 2.83. The maximum absolute atomic E-state index is 2.83. The summed E-state index contributed by atoms with van der Waals surface area (Å²) in [5.74, 6) is 3.02. The molecule has 32 heavy (non-hydrogen) atoms. The lowest BCUT2D eigenvalue weighted by molar-refractivity contribution is 0.146. The van der Waals surface area contributed by atoms with Crippen molar-refractivity contribution < 1.29 is 0 Å². The fraction of sp³-hybridized carbons (Fsp3) is 1.00. The normalized spacial score (nSPS) is 15.9. The molecule has 0 saturated carbocycles. The van der Waals surface area contributed by atoms with Crippen LogP contribution < -0.4 is 0 Å². The predicted octanol–water partition coefficient (Wildman–Crippen LogP) is 10.4. The van der Waals surface area contributed by atoms with Crippen molar-refractivity contribution >= 4 is 0 Å². The van der Waals surface area contributed by atoms with Gasteiger partial charge in [0.25, 0.3) is 0 Å². The average Bonchev–Trinajstić information content (AvgIpc) is 2.81. The van der Waals surface area contributed by atoms with E-state index in [0.717, 1.165) is 17.8 Å². The van der Waals surface area contributed by atoms with Gasteiger partial charge in [0.2, 0.25) is 0 Å². The first-order valence-electron chi connectivity index (χ1n) is 15.5. The number of nitrogens with zero attached hydrogens (tertiary/aromatic N) is 1. The molecule has 1 heterocycles. The zero-order valence-electron chi connectivity index (χ0n) is 23.1. The van der Waals surface area contributed by atoms with Crippen LogP contribution in [0.4, 0.5) is 0 Å². The van der Waals surface area contributed by atoms with Crippen LogP contribution in [0.3, 0.4) is 0 Å². The summed E-state index contributed by atoms with van der Waals surface area (Å²) >= 11 is 0. The lowest BCUT2D eigenvalue weighted by Gasteiger charge is -2.34. The number of rotatable bonds is 22. The van der Waals surface area contributed by atoms with Crippen molar-refractivity contribution in [3.8, 4) is 0 Å². The van der Waals surface area contributed by atoms with E-state index >= 15 is 0 Å². The molecule has 1 rings (SSSR count). The highest BCUT2D eigenvalue weighted by Crippen LogP contribution is 2.28. The van der Waals surface area contributed by atoms with Gasteiger partial charge in [0.15, 0.2) is 0 Å². The minimum absolute atomic E-state index is 0.965. The maximum Gasteiger partial charge on any atom is 0.000966 e. The molecule has 1 aliphatic heterocycles. The van der Waals surface area contributed by atoms with Crippen molar-refractivity contribution in [1.82, 2.24) is 4.90 Å². The van der Waals surface area contributed by atoms with Crippen molar-refractivity contribution in [3.63, 3.8) is 0 Å². The monoisotopic (exact) mass is 449 g/mol. The fourth-order valence-electron chi connectivity index (χ4n) is 5.98. The highest BCUT2D eigenvalue weighted by molar-refractivity contribution is 4.75. The lowest BCUT2D eigenvalue weighted by Crippen LogP contribution is -2.37. The van der Waals surface area contributed by atoms with Gasteiger partial charge in [-0.25, -0.2) is 0 Å². The zero-order chi connectivity index (χ0) is 23.3. The average molecular weight is 450 g/mol.